The molecule has 0 aromatic carbocycles. The average molecular weight is 321 g/mol. The number of nitrogens with one attached hydrogen (secondary N) is 2. The second-order valence-electron chi connectivity index (χ2n) is 3.51. The number of carboxylic acids is 1. The number of hydrogen-bond acceptors (Lipinski definition) is 3. The molecule has 0 spiro atoms. The first-order valence-electron chi connectivity index (χ1n) is 4.97. The summed E-state index contributed by atoms with van der Waals surface area (Å²) >= 11 is 4.87. The summed E-state index contributed by atoms with van der Waals surface area (Å²) in [7, 11) is 0. The van der Waals surface area contributed by atoms with Crippen molar-refractivity contribution in [2.45, 2.75) is 13.5 Å². The fourth-order valence-corrected chi connectivity index (χ4v) is 2.43. The minimum atomic E-state index is -0.924. The lowest BCUT2D eigenvalue weighted by atomic mass is 10.2. The number of rotatable bonds is 5. The van der Waals surface area contributed by atoms with E-state index in [1.54, 1.807) is 6.92 Å². The van der Waals surface area contributed by atoms with Crippen molar-refractivity contribution in [1.29, 1.82) is 0 Å². The molecule has 17 heavy (non-hydrogen) atoms. The molecule has 0 aliphatic carbocycles. The standard InChI is InChI=1S/C10H13BrN2O3S/c1-6(9(14)15)4-12-10(16)13-5-7-2-3-8(11)17-7/h2-3,6H,4-5H2,1H3,(H,14,15)(H2,12,13,16). The highest BCUT2D eigenvalue weighted by Gasteiger charge is 2.11. The predicted octanol–water partition coefficient (Wildman–Crippen LogP) is 2.03. The van der Waals surface area contributed by atoms with Gasteiger partial charge < -0.3 is 15.7 Å². The van der Waals surface area contributed by atoms with Gasteiger partial charge in [0.15, 0.2) is 0 Å². The van der Waals surface area contributed by atoms with E-state index in [0.29, 0.717) is 6.54 Å². The monoisotopic (exact) mass is 320 g/mol. The Labute approximate surface area is 111 Å². The number of carbonyl (C=O) groups excluding carboxylic acids is 1. The number of urea groups is 1. The van der Waals surface area contributed by atoms with Gasteiger partial charge in [-0.05, 0) is 28.1 Å². The van der Waals surface area contributed by atoms with Crippen LogP contribution in [0, 0.1) is 5.92 Å². The van der Waals surface area contributed by atoms with E-state index >= 15 is 0 Å². The third-order valence-corrected chi connectivity index (χ3v) is 3.67. The summed E-state index contributed by atoms with van der Waals surface area (Å²) in [4.78, 5) is 22.9. The summed E-state index contributed by atoms with van der Waals surface area (Å²) in [5.74, 6) is -1.51. The largest absolute Gasteiger partial charge is 0.481 e. The molecule has 1 unspecified atom stereocenters. The Morgan fingerprint density at radius 3 is 2.71 bits per heavy atom. The van der Waals surface area contributed by atoms with E-state index in [0.717, 1.165) is 8.66 Å². The van der Waals surface area contributed by atoms with Gasteiger partial charge in [0.25, 0.3) is 0 Å². The van der Waals surface area contributed by atoms with Crippen LogP contribution >= 0.6 is 27.3 Å². The van der Waals surface area contributed by atoms with Crippen molar-refractivity contribution in [1.82, 2.24) is 10.6 Å². The summed E-state index contributed by atoms with van der Waals surface area (Å²) in [5.41, 5.74) is 0. The fraction of sp³-hybridized carbons (Fsp3) is 0.400. The molecule has 0 saturated heterocycles. The predicted molar refractivity (Wildman–Crippen MR) is 69.1 cm³/mol. The van der Waals surface area contributed by atoms with Crippen molar-refractivity contribution >= 4 is 39.3 Å². The van der Waals surface area contributed by atoms with E-state index in [9.17, 15) is 9.59 Å². The zero-order chi connectivity index (χ0) is 12.8. The number of hydrogen-bond donors (Lipinski definition) is 3. The molecule has 7 heteroatoms. The Morgan fingerprint density at radius 1 is 1.47 bits per heavy atom. The molecule has 0 saturated carbocycles. The quantitative estimate of drug-likeness (QED) is 0.776. The smallest absolute Gasteiger partial charge is 0.315 e. The van der Waals surface area contributed by atoms with Crippen LogP contribution in [0.3, 0.4) is 0 Å². The summed E-state index contributed by atoms with van der Waals surface area (Å²) in [5, 5.41) is 13.8. The SMILES string of the molecule is CC(CNC(=O)NCc1ccc(Br)s1)C(=O)O. The lowest BCUT2D eigenvalue weighted by molar-refractivity contribution is -0.140. The third-order valence-electron chi connectivity index (χ3n) is 2.04. The maximum absolute atomic E-state index is 11.3. The zero-order valence-electron chi connectivity index (χ0n) is 9.20. The lowest BCUT2D eigenvalue weighted by Crippen LogP contribution is -2.38. The van der Waals surface area contributed by atoms with Gasteiger partial charge in [-0.2, -0.15) is 0 Å². The highest BCUT2D eigenvalue weighted by molar-refractivity contribution is 9.11. The Morgan fingerprint density at radius 2 is 2.18 bits per heavy atom. The van der Waals surface area contributed by atoms with Crippen LogP contribution in [-0.4, -0.2) is 23.7 Å². The number of aliphatic carboxylic acids is 1. The molecular formula is C10H13BrN2O3S. The first kappa shape index (κ1) is 14.0. The maximum Gasteiger partial charge on any atom is 0.315 e. The van der Waals surface area contributed by atoms with Crippen LogP contribution in [0.5, 0.6) is 0 Å². The molecule has 1 rings (SSSR count). The second kappa shape index (κ2) is 6.61. The summed E-state index contributed by atoms with van der Waals surface area (Å²) in [6, 6.07) is 3.46. The van der Waals surface area contributed by atoms with Gasteiger partial charge in [0.2, 0.25) is 0 Å². The van der Waals surface area contributed by atoms with Gasteiger partial charge >= 0.3 is 12.0 Å². The van der Waals surface area contributed by atoms with Crippen LogP contribution in [0.25, 0.3) is 0 Å². The van der Waals surface area contributed by atoms with E-state index in [4.69, 9.17) is 5.11 Å². The van der Waals surface area contributed by atoms with Crippen molar-refractivity contribution in [3.63, 3.8) is 0 Å². The van der Waals surface area contributed by atoms with E-state index in [1.165, 1.54) is 11.3 Å². The van der Waals surface area contributed by atoms with Crippen molar-refractivity contribution in [2.24, 2.45) is 5.92 Å². The highest BCUT2D eigenvalue weighted by atomic mass is 79.9. The van der Waals surface area contributed by atoms with E-state index in [1.807, 2.05) is 12.1 Å². The van der Waals surface area contributed by atoms with Crippen LogP contribution in [0.15, 0.2) is 15.9 Å². The number of amides is 2. The molecule has 0 aliphatic heterocycles. The lowest BCUT2D eigenvalue weighted by Gasteiger charge is -2.09. The Hall–Kier alpha value is -1.08. The van der Waals surface area contributed by atoms with Gasteiger partial charge in [-0.15, -0.1) is 11.3 Å². The molecule has 2 amide bonds. The molecule has 5 nitrogen and oxygen atoms in total. The van der Waals surface area contributed by atoms with Crippen LogP contribution in [0.1, 0.15) is 11.8 Å². The number of thiophene rings is 1. The first-order chi connectivity index (χ1) is 7.99. The van der Waals surface area contributed by atoms with Gasteiger partial charge in [0.05, 0.1) is 16.2 Å². The van der Waals surface area contributed by atoms with Crippen molar-refractivity contribution < 1.29 is 14.7 Å². The minimum absolute atomic E-state index is 0.120. The zero-order valence-corrected chi connectivity index (χ0v) is 11.6. The summed E-state index contributed by atoms with van der Waals surface area (Å²) < 4.78 is 1.01. The van der Waals surface area contributed by atoms with Gasteiger partial charge in [0, 0.05) is 11.4 Å². The van der Waals surface area contributed by atoms with Crippen LogP contribution in [0.4, 0.5) is 4.79 Å². The van der Waals surface area contributed by atoms with Crippen molar-refractivity contribution in [3.8, 4) is 0 Å². The van der Waals surface area contributed by atoms with E-state index < -0.39 is 11.9 Å². The summed E-state index contributed by atoms with van der Waals surface area (Å²) in [6.45, 7) is 2.10. The molecule has 0 bridgehead atoms. The first-order valence-corrected chi connectivity index (χ1v) is 6.58. The van der Waals surface area contributed by atoms with Gasteiger partial charge in [-0.25, -0.2) is 4.79 Å². The number of halogens is 1. The Bertz CT molecular complexity index is 408. The molecule has 1 heterocycles. The van der Waals surface area contributed by atoms with Crippen molar-refractivity contribution in [3.05, 3.63) is 20.8 Å². The van der Waals surface area contributed by atoms with Gasteiger partial charge in [0.1, 0.15) is 0 Å². The highest BCUT2D eigenvalue weighted by Crippen LogP contribution is 2.21. The Kier molecular flexibility index (Phi) is 5.43. The summed E-state index contributed by atoms with van der Waals surface area (Å²) in [6.07, 6.45) is 0. The molecule has 94 valence electrons. The molecule has 1 atom stereocenters. The normalized spacial score (nSPS) is 11.9. The topological polar surface area (TPSA) is 78.4 Å². The maximum atomic E-state index is 11.3. The van der Waals surface area contributed by atoms with E-state index in [-0.39, 0.29) is 12.6 Å². The average Bonchev–Trinajstić information content (AvgIpc) is 2.69. The number of carboxylic acid groups (broad SMARTS) is 1. The van der Waals surface area contributed by atoms with Crippen LogP contribution in [-0.2, 0) is 11.3 Å². The molecule has 0 aliphatic rings. The number of carbonyl (C=O) groups is 2. The van der Waals surface area contributed by atoms with Crippen molar-refractivity contribution in [2.75, 3.05) is 6.54 Å². The Balaban J connectivity index is 2.24. The third kappa shape index (κ3) is 5.18. The van der Waals surface area contributed by atoms with Crippen LogP contribution in [0.2, 0.25) is 0 Å². The van der Waals surface area contributed by atoms with Gasteiger partial charge in [-0.1, -0.05) is 6.92 Å². The second-order valence-corrected chi connectivity index (χ2v) is 6.06. The minimum Gasteiger partial charge on any atom is -0.481 e. The fourth-order valence-electron chi connectivity index (χ4n) is 1.01. The molecule has 1 aromatic heterocycles. The van der Waals surface area contributed by atoms with Crippen LogP contribution < -0.4 is 10.6 Å². The molecule has 1 aromatic rings. The molecule has 0 fully saturated rings. The van der Waals surface area contributed by atoms with Gasteiger partial charge in [-0.3, -0.25) is 4.79 Å². The molecular weight excluding hydrogens is 308 g/mol. The molecule has 0 radical (unpaired) electrons. The molecule has 3 N–H and O–H groups in total. The van der Waals surface area contributed by atoms with E-state index in [2.05, 4.69) is 26.6 Å².